The standard InChI is InChI=1S/C20H22N4O3S/c1-4-24-19(14-8-6-5-7-9-14)22-23-20(24)28-13-18(25)21-16-12-15(26-2)10-11-17(16)27-3/h5-12H,4,13H2,1-3H3,(H,21,25). The zero-order chi connectivity index (χ0) is 19.9. The van der Waals surface area contributed by atoms with Crippen LogP contribution in [0.4, 0.5) is 5.69 Å². The number of aromatic nitrogens is 3. The fraction of sp³-hybridized carbons (Fsp3) is 0.250. The molecule has 1 heterocycles. The summed E-state index contributed by atoms with van der Waals surface area (Å²) in [6, 6.07) is 15.1. The number of carbonyl (C=O) groups excluding carboxylic acids is 1. The maximum Gasteiger partial charge on any atom is 0.234 e. The van der Waals surface area contributed by atoms with E-state index in [1.54, 1.807) is 32.4 Å². The third-order valence-corrected chi connectivity index (χ3v) is 5.04. The van der Waals surface area contributed by atoms with E-state index in [0.29, 0.717) is 28.9 Å². The zero-order valence-electron chi connectivity index (χ0n) is 16.0. The highest BCUT2D eigenvalue weighted by Crippen LogP contribution is 2.29. The lowest BCUT2D eigenvalue weighted by atomic mass is 10.2. The molecule has 0 aliphatic carbocycles. The van der Waals surface area contributed by atoms with Crippen molar-refractivity contribution in [3.8, 4) is 22.9 Å². The van der Waals surface area contributed by atoms with Crippen LogP contribution in [0, 0.1) is 0 Å². The quantitative estimate of drug-likeness (QED) is 0.583. The molecule has 3 rings (SSSR count). The molecule has 0 radical (unpaired) electrons. The number of anilines is 1. The van der Waals surface area contributed by atoms with Crippen molar-refractivity contribution in [2.45, 2.75) is 18.6 Å². The lowest BCUT2D eigenvalue weighted by Crippen LogP contribution is -2.15. The molecular formula is C20H22N4O3S. The van der Waals surface area contributed by atoms with Gasteiger partial charge in [-0.25, -0.2) is 0 Å². The summed E-state index contributed by atoms with van der Waals surface area (Å²) in [5, 5.41) is 12.1. The molecule has 146 valence electrons. The summed E-state index contributed by atoms with van der Waals surface area (Å²) >= 11 is 1.34. The molecule has 0 aliphatic rings. The first kappa shape index (κ1) is 19.8. The minimum Gasteiger partial charge on any atom is -0.497 e. The lowest BCUT2D eigenvalue weighted by molar-refractivity contribution is -0.113. The van der Waals surface area contributed by atoms with E-state index >= 15 is 0 Å². The third-order valence-electron chi connectivity index (χ3n) is 4.08. The molecule has 0 bridgehead atoms. The molecule has 8 heteroatoms. The molecule has 0 spiro atoms. The number of carbonyl (C=O) groups is 1. The van der Waals surface area contributed by atoms with Gasteiger partial charge in [0.05, 0.1) is 25.7 Å². The van der Waals surface area contributed by atoms with Crippen molar-refractivity contribution in [1.29, 1.82) is 0 Å². The van der Waals surface area contributed by atoms with Crippen LogP contribution < -0.4 is 14.8 Å². The number of hydrogen-bond acceptors (Lipinski definition) is 6. The number of ether oxygens (including phenoxy) is 2. The molecule has 1 N–H and O–H groups in total. The Morgan fingerprint density at radius 3 is 2.57 bits per heavy atom. The van der Waals surface area contributed by atoms with Crippen LogP contribution in [-0.4, -0.2) is 40.6 Å². The van der Waals surface area contributed by atoms with E-state index in [1.165, 1.54) is 11.8 Å². The van der Waals surface area contributed by atoms with E-state index in [4.69, 9.17) is 9.47 Å². The van der Waals surface area contributed by atoms with Crippen molar-refractivity contribution in [3.63, 3.8) is 0 Å². The van der Waals surface area contributed by atoms with Crippen LogP contribution in [0.1, 0.15) is 6.92 Å². The number of amides is 1. The van der Waals surface area contributed by atoms with E-state index in [-0.39, 0.29) is 11.7 Å². The molecule has 2 aromatic carbocycles. The van der Waals surface area contributed by atoms with Gasteiger partial charge >= 0.3 is 0 Å². The molecule has 1 aromatic heterocycles. The first-order valence-corrected chi connectivity index (χ1v) is 9.78. The van der Waals surface area contributed by atoms with Gasteiger partial charge in [0.15, 0.2) is 11.0 Å². The predicted octanol–water partition coefficient (Wildman–Crippen LogP) is 3.71. The van der Waals surface area contributed by atoms with Gasteiger partial charge in [-0.05, 0) is 19.1 Å². The molecular weight excluding hydrogens is 376 g/mol. The summed E-state index contributed by atoms with van der Waals surface area (Å²) in [7, 11) is 3.13. The van der Waals surface area contributed by atoms with Crippen LogP contribution in [0.25, 0.3) is 11.4 Å². The van der Waals surface area contributed by atoms with Gasteiger partial charge in [-0.15, -0.1) is 10.2 Å². The average molecular weight is 398 g/mol. The zero-order valence-corrected chi connectivity index (χ0v) is 16.8. The Kier molecular flexibility index (Phi) is 6.54. The average Bonchev–Trinajstić information content (AvgIpc) is 3.15. The van der Waals surface area contributed by atoms with E-state index in [9.17, 15) is 4.79 Å². The number of rotatable bonds is 8. The first-order valence-electron chi connectivity index (χ1n) is 8.79. The highest BCUT2D eigenvalue weighted by atomic mass is 32.2. The fourth-order valence-electron chi connectivity index (χ4n) is 2.71. The maximum absolute atomic E-state index is 12.4. The van der Waals surface area contributed by atoms with Crippen LogP contribution in [-0.2, 0) is 11.3 Å². The Hall–Kier alpha value is -3.00. The van der Waals surface area contributed by atoms with Crippen molar-refractivity contribution in [1.82, 2.24) is 14.8 Å². The van der Waals surface area contributed by atoms with Gasteiger partial charge in [0.1, 0.15) is 11.5 Å². The van der Waals surface area contributed by atoms with Crippen molar-refractivity contribution >= 4 is 23.4 Å². The molecule has 1 amide bonds. The van der Waals surface area contributed by atoms with Gasteiger partial charge in [0, 0.05) is 18.2 Å². The van der Waals surface area contributed by atoms with Gasteiger partial charge < -0.3 is 19.4 Å². The number of hydrogen-bond donors (Lipinski definition) is 1. The maximum atomic E-state index is 12.4. The topological polar surface area (TPSA) is 78.3 Å². The largest absolute Gasteiger partial charge is 0.497 e. The molecule has 0 fully saturated rings. The minimum absolute atomic E-state index is 0.163. The monoisotopic (exact) mass is 398 g/mol. The lowest BCUT2D eigenvalue weighted by Gasteiger charge is -2.12. The smallest absolute Gasteiger partial charge is 0.234 e. The second-order valence-electron chi connectivity index (χ2n) is 5.82. The summed E-state index contributed by atoms with van der Waals surface area (Å²) in [5.74, 6) is 2.04. The number of thioether (sulfide) groups is 1. The van der Waals surface area contributed by atoms with E-state index < -0.39 is 0 Å². The second kappa shape index (κ2) is 9.27. The molecule has 28 heavy (non-hydrogen) atoms. The van der Waals surface area contributed by atoms with E-state index in [0.717, 1.165) is 11.4 Å². The Morgan fingerprint density at radius 2 is 1.89 bits per heavy atom. The Bertz CT molecular complexity index is 944. The summed E-state index contributed by atoms with van der Waals surface area (Å²) in [5.41, 5.74) is 1.56. The van der Waals surface area contributed by atoms with Crippen LogP contribution in [0.15, 0.2) is 53.7 Å². The predicted molar refractivity (Wildman–Crippen MR) is 110 cm³/mol. The number of benzene rings is 2. The molecule has 0 aliphatic heterocycles. The summed E-state index contributed by atoms with van der Waals surface area (Å²) < 4.78 is 12.5. The Balaban J connectivity index is 1.69. The Morgan fingerprint density at radius 1 is 1.11 bits per heavy atom. The molecule has 0 saturated carbocycles. The summed E-state index contributed by atoms with van der Waals surface area (Å²) in [6.45, 7) is 2.74. The second-order valence-corrected chi connectivity index (χ2v) is 6.76. The van der Waals surface area contributed by atoms with Crippen LogP contribution in [0.2, 0.25) is 0 Å². The van der Waals surface area contributed by atoms with Crippen molar-refractivity contribution < 1.29 is 14.3 Å². The van der Waals surface area contributed by atoms with Crippen LogP contribution >= 0.6 is 11.8 Å². The number of methoxy groups -OCH3 is 2. The van der Waals surface area contributed by atoms with E-state index in [1.807, 2.05) is 41.8 Å². The fourth-order valence-corrected chi connectivity index (χ4v) is 3.51. The SMILES string of the molecule is CCn1c(SCC(=O)Nc2cc(OC)ccc2OC)nnc1-c1ccccc1. The Labute approximate surface area is 168 Å². The molecule has 7 nitrogen and oxygen atoms in total. The van der Waals surface area contributed by atoms with Gasteiger partial charge in [-0.3, -0.25) is 4.79 Å². The van der Waals surface area contributed by atoms with Crippen molar-refractivity contribution in [3.05, 3.63) is 48.5 Å². The first-order chi connectivity index (χ1) is 13.7. The normalized spacial score (nSPS) is 10.5. The van der Waals surface area contributed by atoms with Gasteiger partial charge in [0.2, 0.25) is 5.91 Å². The molecule has 3 aromatic rings. The van der Waals surface area contributed by atoms with Crippen LogP contribution in [0.3, 0.4) is 0 Å². The summed E-state index contributed by atoms with van der Waals surface area (Å²) in [4.78, 5) is 12.4. The highest BCUT2D eigenvalue weighted by molar-refractivity contribution is 7.99. The molecule has 0 unspecified atom stereocenters. The summed E-state index contributed by atoms with van der Waals surface area (Å²) in [6.07, 6.45) is 0. The van der Waals surface area contributed by atoms with Gasteiger partial charge in [-0.1, -0.05) is 42.1 Å². The highest BCUT2D eigenvalue weighted by Gasteiger charge is 2.15. The minimum atomic E-state index is -0.163. The molecule has 0 saturated heterocycles. The number of nitrogens with zero attached hydrogens (tertiary/aromatic N) is 3. The van der Waals surface area contributed by atoms with E-state index in [2.05, 4.69) is 15.5 Å². The van der Waals surface area contributed by atoms with Gasteiger partial charge in [0.25, 0.3) is 0 Å². The van der Waals surface area contributed by atoms with Crippen molar-refractivity contribution in [2.75, 3.05) is 25.3 Å². The molecule has 0 atom stereocenters. The van der Waals surface area contributed by atoms with Crippen LogP contribution in [0.5, 0.6) is 11.5 Å². The van der Waals surface area contributed by atoms with Crippen molar-refractivity contribution in [2.24, 2.45) is 0 Å². The van der Waals surface area contributed by atoms with Gasteiger partial charge in [-0.2, -0.15) is 0 Å². The third kappa shape index (κ3) is 4.45. The number of nitrogens with one attached hydrogen (secondary N) is 1.